The van der Waals surface area contributed by atoms with Gasteiger partial charge in [0.2, 0.25) is 0 Å². The quantitative estimate of drug-likeness (QED) is 0.461. The second-order valence-corrected chi connectivity index (χ2v) is 4.15. The van der Waals surface area contributed by atoms with Gasteiger partial charge >= 0.3 is 5.97 Å². The fourth-order valence-electron chi connectivity index (χ4n) is 2.35. The molecule has 0 bridgehead atoms. The maximum atomic E-state index is 11.2. The first-order valence-electron chi connectivity index (χ1n) is 5.62. The lowest BCUT2D eigenvalue weighted by molar-refractivity contribution is -0.155. The van der Waals surface area contributed by atoms with Gasteiger partial charge < -0.3 is 9.47 Å². The number of hydrogen-bond donors (Lipinski definition) is 0. The summed E-state index contributed by atoms with van der Waals surface area (Å²) in [5.74, 6) is 0.276. The van der Waals surface area contributed by atoms with Crippen LogP contribution >= 0.6 is 0 Å². The van der Waals surface area contributed by atoms with Crippen LogP contribution in [0, 0.1) is 0 Å². The van der Waals surface area contributed by atoms with Gasteiger partial charge in [-0.2, -0.15) is 0 Å². The molecule has 18 heavy (non-hydrogen) atoms. The van der Waals surface area contributed by atoms with Crippen molar-refractivity contribution in [1.29, 1.82) is 0 Å². The van der Waals surface area contributed by atoms with Gasteiger partial charge in [-0.1, -0.05) is 12.1 Å². The summed E-state index contributed by atoms with van der Waals surface area (Å²) in [5, 5.41) is 0. The molecule has 4 nitrogen and oxygen atoms in total. The zero-order valence-corrected chi connectivity index (χ0v) is 10.3. The van der Waals surface area contributed by atoms with Crippen molar-refractivity contribution in [2.75, 3.05) is 7.11 Å². The van der Waals surface area contributed by atoms with Crippen LogP contribution in [0.3, 0.4) is 0 Å². The minimum atomic E-state index is -0.866. The number of esters is 1. The Morgan fingerprint density at radius 2 is 2.22 bits per heavy atom. The van der Waals surface area contributed by atoms with Gasteiger partial charge in [-0.05, 0) is 23.8 Å². The molecule has 1 aromatic carbocycles. The molecule has 0 saturated carbocycles. The van der Waals surface area contributed by atoms with Gasteiger partial charge in [0, 0.05) is 18.9 Å². The first-order valence-corrected chi connectivity index (χ1v) is 5.62. The minimum Gasteiger partial charge on any atom is -0.496 e. The summed E-state index contributed by atoms with van der Waals surface area (Å²) in [6.45, 7) is 1.35. The van der Waals surface area contributed by atoms with E-state index >= 15 is 0 Å². The minimum absolute atomic E-state index is 0.387. The van der Waals surface area contributed by atoms with Crippen LogP contribution in [0.1, 0.15) is 18.1 Å². The van der Waals surface area contributed by atoms with Gasteiger partial charge in [0.1, 0.15) is 12.0 Å². The lowest BCUT2D eigenvalue weighted by Crippen LogP contribution is -2.41. The van der Waals surface area contributed by atoms with Crippen molar-refractivity contribution < 1.29 is 19.1 Å². The molecule has 0 N–H and O–H groups in total. The Kier molecular flexibility index (Phi) is 3.19. The number of hydrogen-bond acceptors (Lipinski definition) is 4. The van der Waals surface area contributed by atoms with E-state index in [0.29, 0.717) is 18.5 Å². The Morgan fingerprint density at radius 3 is 2.83 bits per heavy atom. The highest BCUT2D eigenvalue weighted by atomic mass is 16.6. The van der Waals surface area contributed by atoms with Crippen LogP contribution in [-0.4, -0.2) is 19.4 Å². The zero-order valence-electron chi connectivity index (χ0n) is 10.3. The third-order valence-electron chi connectivity index (χ3n) is 2.98. The third-order valence-corrected chi connectivity index (χ3v) is 2.98. The molecule has 1 aromatic rings. The first-order chi connectivity index (χ1) is 8.63. The Hall–Kier alpha value is -2.10. The molecular formula is C14H14O4. The third kappa shape index (κ3) is 1.90. The number of aldehydes is 1. The predicted molar refractivity (Wildman–Crippen MR) is 65.3 cm³/mol. The summed E-state index contributed by atoms with van der Waals surface area (Å²) in [7, 11) is 1.57. The van der Waals surface area contributed by atoms with Crippen molar-refractivity contribution in [3.05, 3.63) is 41.5 Å². The number of carbonyl (C=O) groups excluding carboxylic acids is 2. The number of methoxy groups -OCH3 is 1. The van der Waals surface area contributed by atoms with E-state index in [0.717, 1.165) is 11.1 Å². The normalized spacial score (nSPS) is 21.0. The average molecular weight is 246 g/mol. The highest BCUT2D eigenvalue weighted by Gasteiger charge is 2.46. The van der Waals surface area contributed by atoms with Gasteiger partial charge in [-0.15, -0.1) is 0 Å². The molecular weight excluding hydrogens is 232 g/mol. The topological polar surface area (TPSA) is 52.6 Å². The van der Waals surface area contributed by atoms with E-state index in [4.69, 9.17) is 9.47 Å². The van der Waals surface area contributed by atoms with E-state index in [1.807, 2.05) is 18.2 Å². The summed E-state index contributed by atoms with van der Waals surface area (Å²) in [4.78, 5) is 21.7. The van der Waals surface area contributed by atoms with Crippen LogP contribution in [0.5, 0.6) is 5.75 Å². The monoisotopic (exact) mass is 246 g/mol. The SMILES string of the molecule is COc1cccc2c1C(/C=C/C=O)(OC(C)=O)C2. The molecule has 2 rings (SSSR count). The van der Waals surface area contributed by atoms with Crippen molar-refractivity contribution in [1.82, 2.24) is 0 Å². The Morgan fingerprint density at radius 1 is 1.44 bits per heavy atom. The molecule has 1 unspecified atom stereocenters. The van der Waals surface area contributed by atoms with Gasteiger partial charge in [0.15, 0.2) is 5.60 Å². The van der Waals surface area contributed by atoms with Crippen LogP contribution in [-0.2, 0) is 26.3 Å². The number of benzene rings is 1. The van der Waals surface area contributed by atoms with Crippen LogP contribution < -0.4 is 4.74 Å². The van der Waals surface area contributed by atoms with E-state index < -0.39 is 5.60 Å². The maximum absolute atomic E-state index is 11.2. The van der Waals surface area contributed by atoms with Crippen molar-refractivity contribution in [3.8, 4) is 5.75 Å². The number of rotatable bonds is 4. The number of fused-ring (bicyclic) bond motifs is 1. The van der Waals surface area contributed by atoms with Gasteiger partial charge in [0.05, 0.1) is 7.11 Å². The average Bonchev–Trinajstić information content (AvgIpc) is 2.32. The van der Waals surface area contributed by atoms with E-state index in [1.165, 1.54) is 13.0 Å². The van der Waals surface area contributed by atoms with Crippen molar-refractivity contribution in [3.63, 3.8) is 0 Å². The summed E-state index contributed by atoms with van der Waals surface area (Å²) < 4.78 is 10.7. The fraction of sp³-hybridized carbons (Fsp3) is 0.286. The molecule has 0 aromatic heterocycles. The van der Waals surface area contributed by atoms with Crippen LogP contribution in [0.4, 0.5) is 0 Å². The molecule has 4 heteroatoms. The molecule has 94 valence electrons. The van der Waals surface area contributed by atoms with Crippen molar-refractivity contribution >= 4 is 12.3 Å². The smallest absolute Gasteiger partial charge is 0.303 e. The second-order valence-electron chi connectivity index (χ2n) is 4.15. The first kappa shape index (κ1) is 12.4. The molecule has 0 heterocycles. The number of carbonyl (C=O) groups is 2. The molecule has 1 aliphatic carbocycles. The van der Waals surface area contributed by atoms with Crippen LogP contribution in [0.2, 0.25) is 0 Å². The van der Waals surface area contributed by atoms with Gasteiger partial charge in [0.25, 0.3) is 0 Å². The lowest BCUT2D eigenvalue weighted by atomic mass is 9.72. The van der Waals surface area contributed by atoms with E-state index in [1.54, 1.807) is 13.2 Å². The predicted octanol–water partition coefficient (Wildman–Crippen LogP) is 1.76. The second kappa shape index (κ2) is 4.64. The largest absolute Gasteiger partial charge is 0.496 e. The number of ether oxygens (including phenoxy) is 2. The molecule has 1 aliphatic rings. The molecule has 0 radical (unpaired) electrons. The van der Waals surface area contributed by atoms with E-state index in [-0.39, 0.29) is 5.97 Å². The van der Waals surface area contributed by atoms with Gasteiger partial charge in [-0.3, -0.25) is 9.59 Å². The maximum Gasteiger partial charge on any atom is 0.303 e. The Bertz CT molecular complexity index is 519. The molecule has 0 saturated heterocycles. The van der Waals surface area contributed by atoms with E-state index in [2.05, 4.69) is 0 Å². The lowest BCUT2D eigenvalue weighted by Gasteiger charge is -2.41. The van der Waals surface area contributed by atoms with Gasteiger partial charge in [-0.25, -0.2) is 0 Å². The fourth-order valence-corrected chi connectivity index (χ4v) is 2.35. The number of allylic oxidation sites excluding steroid dienone is 1. The molecule has 0 amide bonds. The van der Waals surface area contributed by atoms with Crippen LogP contribution in [0.25, 0.3) is 0 Å². The van der Waals surface area contributed by atoms with E-state index in [9.17, 15) is 9.59 Å². The zero-order chi connectivity index (χ0) is 13.2. The van der Waals surface area contributed by atoms with Crippen molar-refractivity contribution in [2.24, 2.45) is 0 Å². The van der Waals surface area contributed by atoms with Crippen molar-refractivity contribution in [2.45, 2.75) is 18.9 Å². The highest BCUT2D eigenvalue weighted by Crippen LogP contribution is 2.48. The standard InChI is InChI=1S/C14H14O4/c1-10(16)18-14(7-4-8-15)9-11-5-3-6-12(17-2)13(11)14/h3-8H,9H2,1-2H3/b7-4+. The Labute approximate surface area is 105 Å². The molecule has 0 aliphatic heterocycles. The summed E-state index contributed by atoms with van der Waals surface area (Å²) in [6.07, 6.45) is 4.17. The molecule has 0 fully saturated rings. The summed E-state index contributed by atoms with van der Waals surface area (Å²) >= 11 is 0. The molecule has 0 spiro atoms. The summed E-state index contributed by atoms with van der Waals surface area (Å²) in [5.41, 5.74) is 1.02. The Balaban J connectivity index is 2.48. The highest BCUT2D eigenvalue weighted by molar-refractivity contribution is 5.71. The van der Waals surface area contributed by atoms with Crippen LogP contribution in [0.15, 0.2) is 30.4 Å². The summed E-state index contributed by atoms with van der Waals surface area (Å²) in [6, 6.07) is 5.65. The molecule has 1 atom stereocenters.